The van der Waals surface area contributed by atoms with Crippen molar-refractivity contribution in [1.29, 1.82) is 0 Å². The summed E-state index contributed by atoms with van der Waals surface area (Å²) in [5.74, 6) is 0.167. The fraction of sp³-hybridized carbons (Fsp3) is 0.294. The molecule has 1 fully saturated rings. The quantitative estimate of drug-likeness (QED) is 0.770. The van der Waals surface area contributed by atoms with Crippen LogP contribution in [0.5, 0.6) is 0 Å². The van der Waals surface area contributed by atoms with Crippen LogP contribution in [0.2, 0.25) is 0 Å². The number of fused-ring (bicyclic) bond motifs is 1. The molecule has 8 heteroatoms. The van der Waals surface area contributed by atoms with Crippen molar-refractivity contribution >= 4 is 26.8 Å². The van der Waals surface area contributed by atoms with Crippen molar-refractivity contribution in [2.45, 2.75) is 28.7 Å². The number of nitrogens with zero attached hydrogens (tertiary/aromatic N) is 3. The molecule has 1 saturated heterocycles. The number of aromatic nitrogens is 3. The summed E-state index contributed by atoms with van der Waals surface area (Å²) in [6.07, 6.45) is 4.77. The lowest BCUT2D eigenvalue weighted by Gasteiger charge is -2.25. The van der Waals surface area contributed by atoms with Crippen molar-refractivity contribution in [2.75, 3.05) is 18.9 Å². The molecule has 1 unspecified atom stereocenters. The van der Waals surface area contributed by atoms with E-state index >= 15 is 0 Å². The van der Waals surface area contributed by atoms with Gasteiger partial charge in [0.15, 0.2) is 5.65 Å². The minimum Gasteiger partial charge on any atom is -0.384 e. The van der Waals surface area contributed by atoms with Crippen LogP contribution in [0.1, 0.15) is 18.9 Å². The molecular formula is C17H18N4O3S. The Bertz CT molecular complexity index is 1010. The highest BCUT2D eigenvalue weighted by Crippen LogP contribution is 2.37. The molecule has 7 nitrogen and oxygen atoms in total. The van der Waals surface area contributed by atoms with Gasteiger partial charge >= 0.3 is 0 Å². The van der Waals surface area contributed by atoms with Crippen LogP contribution in [0.4, 0.5) is 5.82 Å². The molecule has 0 amide bonds. The summed E-state index contributed by atoms with van der Waals surface area (Å²) < 4.78 is 33.7. The number of benzene rings is 1. The van der Waals surface area contributed by atoms with E-state index in [1.54, 1.807) is 41.1 Å². The van der Waals surface area contributed by atoms with Crippen molar-refractivity contribution < 1.29 is 13.2 Å². The average molecular weight is 358 g/mol. The molecule has 0 spiro atoms. The maximum Gasteiger partial charge on any atom is 0.212 e. The summed E-state index contributed by atoms with van der Waals surface area (Å²) in [6, 6.07) is 8.19. The second kappa shape index (κ2) is 6.12. The largest absolute Gasteiger partial charge is 0.384 e. The van der Waals surface area contributed by atoms with Gasteiger partial charge in [-0.15, -0.1) is 0 Å². The first-order valence-electron chi connectivity index (χ1n) is 8.09. The number of anilines is 1. The molecule has 0 bridgehead atoms. The van der Waals surface area contributed by atoms with Crippen LogP contribution in [0, 0.1) is 0 Å². The molecule has 2 N–H and O–H groups in total. The number of hydrogen-bond acceptors (Lipinski definition) is 6. The van der Waals surface area contributed by atoms with E-state index < -0.39 is 9.84 Å². The standard InChI is InChI=1S/C17H18N4O3S/c18-16-15(25(22,23)13-6-2-1-3-7-13)14-17(20-9-8-19-14)21(16)12-5-4-10-24-11-12/h1-3,6-9,12H,4-5,10-11,18H2. The smallest absolute Gasteiger partial charge is 0.212 e. The number of ether oxygens (including phenoxy) is 1. The molecule has 3 heterocycles. The average Bonchev–Trinajstić information content (AvgIpc) is 2.95. The lowest BCUT2D eigenvalue weighted by atomic mass is 10.1. The molecular weight excluding hydrogens is 340 g/mol. The van der Waals surface area contributed by atoms with E-state index in [9.17, 15) is 8.42 Å². The molecule has 4 rings (SSSR count). The molecule has 1 atom stereocenters. The zero-order valence-corrected chi connectivity index (χ0v) is 14.3. The first-order valence-corrected chi connectivity index (χ1v) is 9.57. The molecule has 1 aliphatic rings. The van der Waals surface area contributed by atoms with Gasteiger partial charge in [-0.25, -0.2) is 18.4 Å². The summed E-state index contributed by atoms with van der Waals surface area (Å²) in [6.45, 7) is 1.19. The Kier molecular flexibility index (Phi) is 3.93. The van der Waals surface area contributed by atoms with Gasteiger partial charge in [0.25, 0.3) is 0 Å². The van der Waals surface area contributed by atoms with E-state index in [-0.39, 0.29) is 21.7 Å². The number of hydrogen-bond donors (Lipinski definition) is 1. The molecule has 0 radical (unpaired) electrons. The highest BCUT2D eigenvalue weighted by molar-refractivity contribution is 7.92. The van der Waals surface area contributed by atoms with Crippen molar-refractivity contribution in [3.05, 3.63) is 42.7 Å². The van der Waals surface area contributed by atoms with Gasteiger partial charge in [0, 0.05) is 19.0 Å². The maximum absolute atomic E-state index is 13.2. The summed E-state index contributed by atoms with van der Waals surface area (Å²) >= 11 is 0. The number of sulfone groups is 1. The Hall–Kier alpha value is -2.45. The van der Waals surface area contributed by atoms with E-state index in [2.05, 4.69) is 9.97 Å². The van der Waals surface area contributed by atoms with Crippen LogP contribution in [0.3, 0.4) is 0 Å². The fourth-order valence-electron chi connectivity index (χ4n) is 3.29. The Morgan fingerprint density at radius 3 is 2.64 bits per heavy atom. The first kappa shape index (κ1) is 16.0. The molecule has 2 aromatic heterocycles. The highest BCUT2D eigenvalue weighted by atomic mass is 32.2. The van der Waals surface area contributed by atoms with Crippen molar-refractivity contribution in [3.8, 4) is 0 Å². The number of nitrogen functional groups attached to an aromatic ring is 1. The van der Waals surface area contributed by atoms with Gasteiger partial charge in [-0.05, 0) is 25.0 Å². The topological polar surface area (TPSA) is 100 Å². The van der Waals surface area contributed by atoms with E-state index in [1.807, 2.05) is 0 Å². The van der Waals surface area contributed by atoms with Crippen molar-refractivity contribution in [2.24, 2.45) is 0 Å². The Balaban J connectivity index is 1.98. The monoisotopic (exact) mass is 358 g/mol. The predicted molar refractivity (Wildman–Crippen MR) is 92.9 cm³/mol. The van der Waals surface area contributed by atoms with Gasteiger partial charge in [-0.3, -0.25) is 0 Å². The third kappa shape index (κ3) is 2.58. The van der Waals surface area contributed by atoms with Crippen LogP contribution in [0.25, 0.3) is 11.2 Å². The van der Waals surface area contributed by atoms with Crippen LogP contribution >= 0.6 is 0 Å². The van der Waals surface area contributed by atoms with Crippen molar-refractivity contribution in [3.63, 3.8) is 0 Å². The van der Waals surface area contributed by atoms with Crippen LogP contribution in [0.15, 0.2) is 52.5 Å². The van der Waals surface area contributed by atoms with E-state index in [0.29, 0.717) is 24.4 Å². The first-order chi connectivity index (χ1) is 12.1. The van der Waals surface area contributed by atoms with Gasteiger partial charge in [-0.2, -0.15) is 0 Å². The van der Waals surface area contributed by atoms with E-state index in [0.717, 1.165) is 12.8 Å². The van der Waals surface area contributed by atoms with Crippen LogP contribution in [-0.4, -0.2) is 36.2 Å². The van der Waals surface area contributed by atoms with Crippen LogP contribution in [-0.2, 0) is 14.6 Å². The van der Waals surface area contributed by atoms with Crippen molar-refractivity contribution in [1.82, 2.24) is 14.5 Å². The highest BCUT2D eigenvalue weighted by Gasteiger charge is 2.32. The molecule has 1 aliphatic heterocycles. The zero-order chi connectivity index (χ0) is 17.4. The summed E-state index contributed by atoms with van der Waals surface area (Å²) in [5.41, 5.74) is 7.10. The Morgan fingerprint density at radius 2 is 1.92 bits per heavy atom. The Morgan fingerprint density at radius 1 is 1.16 bits per heavy atom. The third-order valence-corrected chi connectivity index (χ3v) is 6.27. The Labute approximate surface area is 145 Å². The lowest BCUT2D eigenvalue weighted by molar-refractivity contribution is 0.0610. The number of nitrogens with two attached hydrogens (primary N) is 1. The molecule has 25 heavy (non-hydrogen) atoms. The molecule has 0 saturated carbocycles. The van der Waals surface area contributed by atoms with Gasteiger partial charge in [0.05, 0.1) is 17.5 Å². The zero-order valence-electron chi connectivity index (χ0n) is 13.5. The van der Waals surface area contributed by atoms with Gasteiger partial charge in [0.2, 0.25) is 9.84 Å². The summed E-state index contributed by atoms with van der Waals surface area (Å²) in [7, 11) is -3.80. The normalized spacial score (nSPS) is 18.5. The minimum atomic E-state index is -3.80. The second-order valence-electron chi connectivity index (χ2n) is 6.00. The fourth-order valence-corrected chi connectivity index (χ4v) is 4.81. The van der Waals surface area contributed by atoms with Gasteiger partial charge in [0.1, 0.15) is 16.2 Å². The third-order valence-electron chi connectivity index (χ3n) is 4.44. The van der Waals surface area contributed by atoms with Gasteiger partial charge < -0.3 is 15.0 Å². The second-order valence-corrected chi connectivity index (χ2v) is 7.89. The molecule has 3 aromatic rings. The molecule has 1 aromatic carbocycles. The lowest BCUT2D eigenvalue weighted by Crippen LogP contribution is -2.23. The predicted octanol–water partition coefficient (Wildman–Crippen LogP) is 2.20. The van der Waals surface area contributed by atoms with Gasteiger partial charge in [-0.1, -0.05) is 18.2 Å². The molecule has 130 valence electrons. The summed E-state index contributed by atoms with van der Waals surface area (Å²) in [4.78, 5) is 8.82. The van der Waals surface area contributed by atoms with E-state index in [4.69, 9.17) is 10.5 Å². The molecule has 0 aliphatic carbocycles. The number of rotatable bonds is 3. The van der Waals surface area contributed by atoms with E-state index in [1.165, 1.54) is 6.20 Å². The SMILES string of the molecule is Nc1c(S(=O)(=O)c2ccccc2)c2nccnc2n1C1CCCOC1. The maximum atomic E-state index is 13.2. The summed E-state index contributed by atoms with van der Waals surface area (Å²) in [5, 5.41) is 0. The van der Waals surface area contributed by atoms with Crippen LogP contribution < -0.4 is 5.73 Å². The minimum absolute atomic E-state index is 0.0207.